The van der Waals surface area contributed by atoms with Crippen LogP contribution >= 0.6 is 0 Å². The van der Waals surface area contributed by atoms with Crippen LogP contribution in [0.1, 0.15) is 5.56 Å². The van der Waals surface area contributed by atoms with E-state index in [9.17, 15) is 9.00 Å². The molecule has 1 saturated heterocycles. The molecule has 18 heavy (non-hydrogen) atoms. The molecule has 1 aromatic carbocycles. The number of benzene rings is 1. The van der Waals surface area contributed by atoms with E-state index >= 15 is 0 Å². The van der Waals surface area contributed by atoms with Crippen LogP contribution in [0, 0.1) is 5.92 Å². The number of rotatable bonds is 6. The van der Waals surface area contributed by atoms with Gasteiger partial charge in [-0.05, 0) is 5.56 Å². The maximum Gasteiger partial charge on any atom is 0.225 e. The summed E-state index contributed by atoms with van der Waals surface area (Å²) in [7, 11) is -0.915. The highest BCUT2D eigenvalue weighted by Gasteiger charge is 2.24. The van der Waals surface area contributed by atoms with Gasteiger partial charge in [-0.2, -0.15) is 0 Å². The normalized spacial score (nSPS) is 16.9. The van der Waals surface area contributed by atoms with E-state index in [0.717, 1.165) is 18.7 Å². The van der Waals surface area contributed by atoms with Crippen molar-refractivity contribution in [2.24, 2.45) is 5.92 Å². The molecule has 1 aromatic rings. The lowest BCUT2D eigenvalue weighted by Crippen LogP contribution is -2.51. The molecule has 98 valence electrons. The largest absolute Gasteiger partial charge is 0.355 e. The second-order valence-corrected chi connectivity index (χ2v) is 6.00. The van der Waals surface area contributed by atoms with Gasteiger partial charge in [0.15, 0.2) is 0 Å². The Bertz CT molecular complexity index is 418. The van der Waals surface area contributed by atoms with Gasteiger partial charge >= 0.3 is 0 Å². The van der Waals surface area contributed by atoms with Crippen molar-refractivity contribution in [2.45, 2.75) is 5.75 Å². The van der Waals surface area contributed by atoms with Crippen LogP contribution in [0.4, 0.5) is 0 Å². The van der Waals surface area contributed by atoms with Gasteiger partial charge in [0.05, 0.1) is 5.92 Å². The highest BCUT2D eigenvalue weighted by atomic mass is 32.2. The van der Waals surface area contributed by atoms with Crippen LogP contribution in [0.15, 0.2) is 30.3 Å². The Balaban J connectivity index is 1.64. The fourth-order valence-corrected chi connectivity index (χ4v) is 2.78. The maximum atomic E-state index is 11.8. The SMILES string of the molecule is O=C(NCCS(=O)Cc1ccccc1)C1CNC1. The number of hydrogen-bond acceptors (Lipinski definition) is 3. The summed E-state index contributed by atoms with van der Waals surface area (Å²) in [6, 6.07) is 9.77. The number of hydrogen-bond donors (Lipinski definition) is 2. The Labute approximate surface area is 110 Å². The Morgan fingerprint density at radius 2 is 2.06 bits per heavy atom. The van der Waals surface area contributed by atoms with E-state index in [1.807, 2.05) is 30.3 Å². The third-order valence-electron chi connectivity index (χ3n) is 2.95. The van der Waals surface area contributed by atoms with Gasteiger partial charge in [0.25, 0.3) is 0 Å². The minimum Gasteiger partial charge on any atom is -0.355 e. The molecule has 1 fully saturated rings. The molecule has 0 aromatic heterocycles. The van der Waals surface area contributed by atoms with E-state index in [0.29, 0.717) is 18.1 Å². The summed E-state index contributed by atoms with van der Waals surface area (Å²) in [6.07, 6.45) is 0. The summed E-state index contributed by atoms with van der Waals surface area (Å²) in [6.45, 7) is 2.02. The molecular formula is C13H18N2O2S. The molecule has 0 aliphatic carbocycles. The summed E-state index contributed by atoms with van der Waals surface area (Å²) >= 11 is 0. The van der Waals surface area contributed by atoms with Gasteiger partial charge in [-0.3, -0.25) is 9.00 Å². The summed E-state index contributed by atoms with van der Waals surface area (Å²) in [5.41, 5.74) is 1.07. The smallest absolute Gasteiger partial charge is 0.225 e. The minimum absolute atomic E-state index is 0.0745. The van der Waals surface area contributed by atoms with Crippen molar-refractivity contribution in [3.8, 4) is 0 Å². The molecule has 1 atom stereocenters. The van der Waals surface area contributed by atoms with Crippen LogP contribution in [0.2, 0.25) is 0 Å². The van der Waals surface area contributed by atoms with Gasteiger partial charge < -0.3 is 10.6 Å². The van der Waals surface area contributed by atoms with Crippen molar-refractivity contribution in [1.82, 2.24) is 10.6 Å². The average molecular weight is 266 g/mol. The average Bonchev–Trinajstić information content (AvgIpc) is 2.27. The summed E-state index contributed by atoms with van der Waals surface area (Å²) in [5.74, 6) is 1.25. The van der Waals surface area contributed by atoms with E-state index in [1.54, 1.807) is 0 Å². The first-order chi connectivity index (χ1) is 8.75. The zero-order chi connectivity index (χ0) is 12.8. The number of carbonyl (C=O) groups excluding carboxylic acids is 1. The second kappa shape index (κ2) is 6.66. The standard InChI is InChI=1S/C13H18N2O2S/c16-13(12-8-14-9-12)15-6-7-18(17)10-11-4-2-1-3-5-11/h1-5,12,14H,6-10H2,(H,15,16). The van der Waals surface area contributed by atoms with E-state index in [4.69, 9.17) is 0 Å². The van der Waals surface area contributed by atoms with E-state index in [2.05, 4.69) is 10.6 Å². The summed E-state index contributed by atoms with van der Waals surface area (Å²) in [4.78, 5) is 11.5. The van der Waals surface area contributed by atoms with Gasteiger partial charge in [-0.25, -0.2) is 0 Å². The maximum absolute atomic E-state index is 11.8. The minimum atomic E-state index is -0.915. The third kappa shape index (κ3) is 3.92. The highest BCUT2D eigenvalue weighted by molar-refractivity contribution is 7.84. The Morgan fingerprint density at radius 3 is 2.67 bits per heavy atom. The topological polar surface area (TPSA) is 58.2 Å². The molecule has 5 heteroatoms. The van der Waals surface area contributed by atoms with E-state index in [1.165, 1.54) is 0 Å². The second-order valence-electron chi connectivity index (χ2n) is 4.42. The first kappa shape index (κ1) is 13.2. The van der Waals surface area contributed by atoms with Gasteiger partial charge in [-0.15, -0.1) is 0 Å². The van der Waals surface area contributed by atoms with Crippen molar-refractivity contribution in [3.05, 3.63) is 35.9 Å². The molecule has 1 unspecified atom stereocenters. The molecule has 1 aliphatic rings. The fourth-order valence-electron chi connectivity index (χ4n) is 1.74. The predicted molar refractivity (Wildman–Crippen MR) is 72.5 cm³/mol. The zero-order valence-electron chi connectivity index (χ0n) is 10.2. The predicted octanol–water partition coefficient (Wildman–Crippen LogP) is 0.271. The lowest BCUT2D eigenvalue weighted by Gasteiger charge is -2.25. The molecule has 2 N–H and O–H groups in total. The Morgan fingerprint density at radius 1 is 1.33 bits per heavy atom. The zero-order valence-corrected chi connectivity index (χ0v) is 11.0. The quantitative estimate of drug-likeness (QED) is 0.777. The lowest BCUT2D eigenvalue weighted by atomic mass is 10.0. The first-order valence-electron chi connectivity index (χ1n) is 6.13. The monoisotopic (exact) mass is 266 g/mol. The van der Waals surface area contributed by atoms with Gasteiger partial charge in [0.1, 0.15) is 0 Å². The molecule has 0 saturated carbocycles. The van der Waals surface area contributed by atoms with Crippen LogP contribution in [0.25, 0.3) is 0 Å². The van der Waals surface area contributed by atoms with E-state index in [-0.39, 0.29) is 11.8 Å². The van der Waals surface area contributed by atoms with Crippen LogP contribution in [0.3, 0.4) is 0 Å². The van der Waals surface area contributed by atoms with Crippen LogP contribution in [-0.2, 0) is 21.3 Å². The summed E-state index contributed by atoms with van der Waals surface area (Å²) < 4.78 is 11.8. The Hall–Kier alpha value is -1.20. The van der Waals surface area contributed by atoms with Gasteiger partial charge in [0.2, 0.25) is 5.91 Å². The van der Waals surface area contributed by atoms with Crippen molar-refractivity contribution in [3.63, 3.8) is 0 Å². The molecule has 0 bridgehead atoms. The van der Waals surface area contributed by atoms with Crippen LogP contribution < -0.4 is 10.6 Å². The molecule has 1 aliphatic heterocycles. The fraction of sp³-hybridized carbons (Fsp3) is 0.462. The van der Waals surface area contributed by atoms with Crippen molar-refractivity contribution in [2.75, 3.05) is 25.4 Å². The highest BCUT2D eigenvalue weighted by Crippen LogP contribution is 2.03. The molecular weight excluding hydrogens is 248 g/mol. The molecule has 1 heterocycles. The van der Waals surface area contributed by atoms with Crippen molar-refractivity contribution in [1.29, 1.82) is 0 Å². The molecule has 4 nitrogen and oxygen atoms in total. The third-order valence-corrected chi connectivity index (χ3v) is 4.27. The van der Waals surface area contributed by atoms with Crippen molar-refractivity contribution < 1.29 is 9.00 Å². The molecule has 2 rings (SSSR count). The number of amides is 1. The van der Waals surface area contributed by atoms with E-state index < -0.39 is 10.8 Å². The van der Waals surface area contributed by atoms with Crippen LogP contribution in [0.5, 0.6) is 0 Å². The molecule has 0 spiro atoms. The lowest BCUT2D eigenvalue weighted by molar-refractivity contribution is -0.126. The number of nitrogens with one attached hydrogen (secondary N) is 2. The summed E-state index contributed by atoms with van der Waals surface area (Å²) in [5, 5.41) is 5.88. The van der Waals surface area contributed by atoms with Gasteiger partial charge in [0, 0.05) is 41.9 Å². The van der Waals surface area contributed by atoms with Gasteiger partial charge in [-0.1, -0.05) is 30.3 Å². The van der Waals surface area contributed by atoms with Crippen molar-refractivity contribution >= 4 is 16.7 Å². The molecule has 0 radical (unpaired) electrons. The Kier molecular flexibility index (Phi) is 4.90. The van der Waals surface area contributed by atoms with Crippen LogP contribution in [-0.4, -0.2) is 35.5 Å². The number of carbonyl (C=O) groups is 1. The molecule has 1 amide bonds. The first-order valence-corrected chi connectivity index (χ1v) is 7.62.